The fourth-order valence-electron chi connectivity index (χ4n) is 1.21. The molecule has 1 rings (SSSR count). The zero-order valence-electron chi connectivity index (χ0n) is 9.60. The number of carbonyl (C=O) groups excluding carboxylic acids is 1. The summed E-state index contributed by atoms with van der Waals surface area (Å²) < 4.78 is 0. The Labute approximate surface area is 125 Å². The van der Waals surface area contributed by atoms with Gasteiger partial charge in [0.25, 0.3) is 0 Å². The summed E-state index contributed by atoms with van der Waals surface area (Å²) in [7, 11) is 0. The van der Waals surface area contributed by atoms with Crippen molar-refractivity contribution < 1.29 is 46.1 Å². The molecule has 0 aromatic heterocycles. The predicted octanol–water partition coefficient (Wildman–Crippen LogP) is 0.828. The summed E-state index contributed by atoms with van der Waals surface area (Å²) in [5.41, 5.74) is 0.847. The van der Waals surface area contributed by atoms with E-state index in [1.54, 1.807) is 19.1 Å². The second-order valence-corrected chi connectivity index (χ2v) is 3.60. The van der Waals surface area contributed by atoms with Gasteiger partial charge in [0.2, 0.25) is 5.91 Å². The number of aromatic hydroxyl groups is 1. The van der Waals surface area contributed by atoms with Gasteiger partial charge >= 0.3 is 31.1 Å². The zero-order valence-corrected chi connectivity index (χ0v) is 13.8. The molecule has 0 unspecified atom stereocenters. The quantitative estimate of drug-likeness (QED) is 0.587. The predicted molar refractivity (Wildman–Crippen MR) is 60.8 cm³/mol. The van der Waals surface area contributed by atoms with Crippen LogP contribution >= 0.6 is 0 Å². The van der Waals surface area contributed by atoms with Gasteiger partial charge in [0, 0.05) is 11.1 Å². The summed E-state index contributed by atoms with van der Waals surface area (Å²) in [4.78, 5) is 11.7. The number of phenols is 1. The van der Waals surface area contributed by atoms with Gasteiger partial charge in [0.15, 0.2) is 0 Å². The van der Waals surface area contributed by atoms with Crippen molar-refractivity contribution in [2.45, 2.75) is 19.1 Å². The Balaban J connectivity index is 0.00000256. The van der Waals surface area contributed by atoms with E-state index in [-0.39, 0.29) is 36.9 Å². The number of rotatable bonds is 3. The number of nitrogens with one attached hydrogen (secondary N) is 1. The molecule has 3 N–H and O–H groups in total. The fourth-order valence-corrected chi connectivity index (χ4v) is 1.21. The van der Waals surface area contributed by atoms with Crippen LogP contribution in [0.15, 0.2) is 18.2 Å². The van der Waals surface area contributed by atoms with E-state index in [2.05, 4.69) is 19.2 Å². The topological polar surface area (TPSA) is 69.6 Å². The van der Waals surface area contributed by atoms with Crippen molar-refractivity contribution in [1.29, 1.82) is 0 Å². The van der Waals surface area contributed by atoms with Gasteiger partial charge in [-0.15, -0.1) is 0 Å². The standard InChI is InChI=1S/C12H15NO3.U/c1-7-10(5-4-6-11(7)15)12(16)13-8(2)9(3)14;/h4-6,8-9,14-15H,2-3H2,1H3,(H,13,16);/q-2;+2/t8-,9+;/m0./s1. The number of amides is 1. The summed E-state index contributed by atoms with van der Waals surface area (Å²) in [5, 5.41) is 21.0. The molecule has 1 amide bonds. The molecule has 0 saturated carbocycles. The number of hydrogen-bond acceptors (Lipinski definition) is 3. The van der Waals surface area contributed by atoms with Gasteiger partial charge in [-0.3, -0.25) is 4.79 Å². The van der Waals surface area contributed by atoms with Crippen LogP contribution in [0.5, 0.6) is 5.75 Å². The first-order chi connectivity index (χ1) is 7.43. The van der Waals surface area contributed by atoms with Gasteiger partial charge in [0.1, 0.15) is 5.75 Å². The smallest absolute Gasteiger partial charge is 0.508 e. The van der Waals surface area contributed by atoms with Crippen molar-refractivity contribution >= 4 is 5.91 Å². The minimum absolute atomic E-state index is 0. The van der Waals surface area contributed by atoms with Crippen LogP contribution in [0.4, 0.5) is 0 Å². The number of phenolic OH excluding ortho intramolecular Hbond substituents is 1. The first-order valence-corrected chi connectivity index (χ1v) is 4.87. The Morgan fingerprint density at radius 1 is 1.41 bits per heavy atom. The minimum atomic E-state index is -0.971. The van der Waals surface area contributed by atoms with Crippen LogP contribution < -0.4 is 5.32 Å². The molecule has 0 aliphatic rings. The van der Waals surface area contributed by atoms with Gasteiger partial charge in [-0.1, -0.05) is 18.2 Å². The molecule has 1 aromatic carbocycles. The number of aliphatic hydroxyl groups excluding tert-OH is 1. The van der Waals surface area contributed by atoms with Crippen LogP contribution in [-0.4, -0.2) is 28.3 Å². The monoisotopic (exact) mass is 459 g/mol. The molecular formula is C12H15NO3U. The first kappa shape index (κ1) is 16.5. The zero-order chi connectivity index (χ0) is 12.3. The maximum absolute atomic E-state index is 11.7. The molecule has 90 valence electrons. The van der Waals surface area contributed by atoms with E-state index in [1.165, 1.54) is 6.07 Å². The molecule has 0 aliphatic carbocycles. The second kappa shape index (κ2) is 7.05. The van der Waals surface area contributed by atoms with Gasteiger partial charge in [-0.05, 0) is 19.1 Å². The molecule has 0 spiro atoms. The largest absolute Gasteiger partial charge is 2.00 e. The molecule has 0 radical (unpaired) electrons. The Morgan fingerprint density at radius 3 is 2.53 bits per heavy atom. The Morgan fingerprint density at radius 2 is 2.00 bits per heavy atom. The van der Waals surface area contributed by atoms with E-state index in [9.17, 15) is 9.90 Å². The van der Waals surface area contributed by atoms with Gasteiger partial charge in [-0.2, -0.15) is 0 Å². The third kappa shape index (κ3) is 4.35. The van der Waals surface area contributed by atoms with Crippen LogP contribution in [0, 0.1) is 51.9 Å². The molecule has 0 bridgehead atoms. The molecule has 2 atom stereocenters. The van der Waals surface area contributed by atoms with Crippen LogP contribution in [0.1, 0.15) is 15.9 Å². The van der Waals surface area contributed by atoms with E-state index in [1.807, 2.05) is 0 Å². The van der Waals surface area contributed by atoms with Crippen molar-refractivity contribution in [2.75, 3.05) is 0 Å². The summed E-state index contributed by atoms with van der Waals surface area (Å²) in [6.45, 7) is 8.54. The molecule has 0 aliphatic heterocycles. The Kier molecular flexibility index (Phi) is 6.84. The normalized spacial score (nSPS) is 13.4. The van der Waals surface area contributed by atoms with Crippen molar-refractivity contribution in [3.63, 3.8) is 0 Å². The maximum atomic E-state index is 11.7. The average molecular weight is 459 g/mol. The van der Waals surface area contributed by atoms with Gasteiger partial charge in [0.05, 0.1) is 0 Å². The van der Waals surface area contributed by atoms with Gasteiger partial charge < -0.3 is 29.4 Å². The van der Waals surface area contributed by atoms with Gasteiger partial charge in [-0.25, -0.2) is 0 Å². The van der Waals surface area contributed by atoms with Crippen molar-refractivity contribution in [2.24, 2.45) is 0 Å². The second-order valence-electron chi connectivity index (χ2n) is 3.60. The van der Waals surface area contributed by atoms with Crippen molar-refractivity contribution in [3.05, 3.63) is 43.2 Å². The molecule has 4 nitrogen and oxygen atoms in total. The van der Waals surface area contributed by atoms with E-state index >= 15 is 0 Å². The Hall–Kier alpha value is -0.498. The van der Waals surface area contributed by atoms with Crippen LogP contribution in [-0.2, 0) is 0 Å². The molecular weight excluding hydrogens is 444 g/mol. The third-order valence-corrected chi connectivity index (χ3v) is 2.33. The summed E-state index contributed by atoms with van der Waals surface area (Å²) in [6, 6.07) is 3.99. The molecule has 0 heterocycles. The number of benzene rings is 1. The van der Waals surface area contributed by atoms with E-state index in [0.29, 0.717) is 11.1 Å². The van der Waals surface area contributed by atoms with Crippen LogP contribution in [0.3, 0.4) is 0 Å². The molecule has 0 fully saturated rings. The first-order valence-electron chi connectivity index (χ1n) is 4.87. The number of aliphatic hydroxyl groups is 1. The van der Waals surface area contributed by atoms with Crippen molar-refractivity contribution in [3.8, 4) is 5.75 Å². The van der Waals surface area contributed by atoms with Crippen LogP contribution in [0.25, 0.3) is 0 Å². The third-order valence-electron chi connectivity index (χ3n) is 2.33. The summed E-state index contributed by atoms with van der Waals surface area (Å²) in [5.74, 6) is -0.334. The van der Waals surface area contributed by atoms with Crippen LogP contribution in [0.2, 0.25) is 0 Å². The average Bonchev–Trinajstić information content (AvgIpc) is 2.21. The summed E-state index contributed by atoms with van der Waals surface area (Å²) >= 11 is 0. The SMILES string of the molecule is [CH2-][C@H](NC(=O)c1cccc(O)c1C)[C@@H]([CH2-])O.[U+2]. The molecule has 0 saturated heterocycles. The van der Waals surface area contributed by atoms with E-state index in [4.69, 9.17) is 5.11 Å². The van der Waals surface area contributed by atoms with Crippen molar-refractivity contribution in [1.82, 2.24) is 5.32 Å². The minimum Gasteiger partial charge on any atom is -0.508 e. The van der Waals surface area contributed by atoms with E-state index < -0.39 is 18.1 Å². The molecule has 1 aromatic rings. The maximum Gasteiger partial charge on any atom is 2.00 e. The molecule has 5 heteroatoms. The number of hydrogen-bond donors (Lipinski definition) is 3. The Bertz CT molecular complexity index is 393. The van der Waals surface area contributed by atoms with E-state index in [0.717, 1.165) is 0 Å². The fraction of sp³-hybridized carbons (Fsp3) is 0.250. The number of carbonyl (C=O) groups is 1. The molecule has 17 heavy (non-hydrogen) atoms. The summed E-state index contributed by atoms with van der Waals surface area (Å²) in [6.07, 6.45) is -0.971.